The largest absolute Gasteiger partial charge is 0.465 e. The average Bonchev–Trinajstić information content (AvgIpc) is 3.14. The van der Waals surface area contributed by atoms with Gasteiger partial charge in [-0.3, -0.25) is 4.79 Å². The van der Waals surface area contributed by atoms with E-state index in [2.05, 4.69) is 10.4 Å². The molecule has 0 aromatic heterocycles. The van der Waals surface area contributed by atoms with Crippen LogP contribution in [0.1, 0.15) is 59.3 Å². The fourth-order valence-electron chi connectivity index (χ4n) is 4.56. The van der Waals surface area contributed by atoms with Gasteiger partial charge in [0.25, 0.3) is 0 Å². The van der Waals surface area contributed by atoms with Crippen molar-refractivity contribution in [3.05, 3.63) is 0 Å². The van der Waals surface area contributed by atoms with Crippen molar-refractivity contribution in [3.8, 4) is 0 Å². The van der Waals surface area contributed by atoms with Crippen LogP contribution in [-0.2, 0) is 4.79 Å². The Morgan fingerprint density at radius 3 is 2.67 bits per heavy atom. The van der Waals surface area contributed by atoms with Crippen LogP contribution in [0.15, 0.2) is 5.10 Å². The van der Waals surface area contributed by atoms with Crippen LogP contribution < -0.4 is 5.32 Å². The molecule has 0 saturated heterocycles. The van der Waals surface area contributed by atoms with Gasteiger partial charge in [-0.1, -0.05) is 27.2 Å². The van der Waals surface area contributed by atoms with Gasteiger partial charge in [-0.15, -0.1) is 0 Å². The molecule has 3 aliphatic rings. The lowest BCUT2D eigenvalue weighted by atomic mass is 9.83. The lowest BCUT2D eigenvalue weighted by Gasteiger charge is -2.30. The van der Waals surface area contributed by atoms with Crippen molar-refractivity contribution in [1.82, 2.24) is 10.3 Å². The van der Waals surface area contributed by atoms with Crippen molar-refractivity contribution >= 4 is 17.7 Å². The van der Waals surface area contributed by atoms with Crippen molar-refractivity contribution in [2.75, 3.05) is 6.54 Å². The predicted octanol–water partition coefficient (Wildman–Crippen LogP) is 3.08. The first-order valence-corrected chi connectivity index (χ1v) is 9.08. The second-order valence-corrected chi connectivity index (χ2v) is 8.83. The molecule has 0 aromatic carbocycles. The monoisotopic (exact) mass is 335 g/mol. The Morgan fingerprint density at radius 2 is 2.12 bits per heavy atom. The van der Waals surface area contributed by atoms with Crippen molar-refractivity contribution in [2.24, 2.45) is 28.3 Å². The molecule has 2 bridgehead atoms. The Hall–Kier alpha value is -1.59. The lowest BCUT2D eigenvalue weighted by Crippen LogP contribution is -2.44. The molecular weight excluding hydrogens is 306 g/mol. The van der Waals surface area contributed by atoms with Gasteiger partial charge in [0.2, 0.25) is 5.91 Å². The smallest absolute Gasteiger partial charge is 0.404 e. The van der Waals surface area contributed by atoms with Crippen LogP contribution in [0.4, 0.5) is 4.79 Å². The second-order valence-electron chi connectivity index (χ2n) is 8.83. The molecule has 2 saturated carbocycles. The first-order chi connectivity index (χ1) is 11.2. The maximum absolute atomic E-state index is 12.3. The summed E-state index contributed by atoms with van der Waals surface area (Å²) in [7, 11) is 0. The number of amides is 2. The van der Waals surface area contributed by atoms with Gasteiger partial charge in [0.15, 0.2) is 0 Å². The molecule has 1 heterocycles. The number of fused-ring (bicyclic) bond motifs is 2. The molecule has 0 aromatic rings. The third kappa shape index (κ3) is 3.73. The first kappa shape index (κ1) is 17.2. The number of carbonyl (C=O) groups is 2. The number of hydrazone groups is 1. The summed E-state index contributed by atoms with van der Waals surface area (Å²) >= 11 is 0. The maximum atomic E-state index is 12.3. The number of hydrogen-bond donors (Lipinski definition) is 2. The van der Waals surface area contributed by atoms with E-state index < -0.39 is 6.09 Å². The number of nitrogens with one attached hydrogen (secondary N) is 1. The Balaban J connectivity index is 1.61. The van der Waals surface area contributed by atoms with Crippen molar-refractivity contribution in [2.45, 2.75) is 65.3 Å². The molecule has 6 nitrogen and oxygen atoms in total. The van der Waals surface area contributed by atoms with Gasteiger partial charge >= 0.3 is 6.09 Å². The average molecular weight is 335 g/mol. The zero-order valence-corrected chi connectivity index (χ0v) is 14.9. The molecule has 0 spiro atoms. The number of carbonyl (C=O) groups excluding carboxylic acids is 1. The van der Waals surface area contributed by atoms with Crippen LogP contribution in [0.2, 0.25) is 0 Å². The Bertz CT molecular complexity index is 552. The molecule has 0 radical (unpaired) electrons. The van der Waals surface area contributed by atoms with Gasteiger partial charge in [-0.25, -0.2) is 9.80 Å². The topological polar surface area (TPSA) is 82.0 Å². The minimum absolute atomic E-state index is 0.0655. The molecule has 1 aliphatic heterocycles. The number of hydrogen-bond acceptors (Lipinski definition) is 3. The molecule has 2 fully saturated rings. The minimum atomic E-state index is -1.03. The Kier molecular flexibility index (Phi) is 4.58. The van der Waals surface area contributed by atoms with Crippen molar-refractivity contribution in [3.63, 3.8) is 0 Å². The Labute approximate surface area is 143 Å². The fraction of sp³-hybridized carbons (Fsp3) is 0.833. The van der Waals surface area contributed by atoms with E-state index in [9.17, 15) is 9.59 Å². The van der Waals surface area contributed by atoms with E-state index in [1.807, 2.05) is 20.8 Å². The fourth-order valence-corrected chi connectivity index (χ4v) is 4.56. The molecule has 2 amide bonds. The molecule has 2 aliphatic carbocycles. The summed E-state index contributed by atoms with van der Waals surface area (Å²) in [6.07, 6.45) is 5.03. The molecule has 4 unspecified atom stereocenters. The third-order valence-corrected chi connectivity index (χ3v) is 5.98. The zero-order chi connectivity index (χ0) is 17.5. The van der Waals surface area contributed by atoms with Crippen molar-refractivity contribution < 1.29 is 14.7 Å². The van der Waals surface area contributed by atoms with E-state index >= 15 is 0 Å². The van der Waals surface area contributed by atoms with E-state index in [0.717, 1.165) is 24.1 Å². The highest BCUT2D eigenvalue weighted by atomic mass is 16.4. The quantitative estimate of drug-likeness (QED) is 0.810. The molecular formula is C18H29N3O3. The van der Waals surface area contributed by atoms with Crippen LogP contribution in [-0.4, -0.2) is 40.4 Å². The standard InChI is InChI=1S/C18H29N3O3/c1-18(2,3)15(19-17(23)24)8-14-9-16(22)21(20-14)10-13-7-11-4-5-12(13)6-11/h11-13,15,19H,4-10H2,1-3H3,(H,23,24). The number of nitrogens with zero attached hydrogens (tertiary/aromatic N) is 2. The SMILES string of the molecule is CC(C)(C)C(CC1=NN(CC2CC3CCC2C3)C(=O)C1)NC(=O)O. The minimum Gasteiger partial charge on any atom is -0.465 e. The van der Waals surface area contributed by atoms with Gasteiger partial charge in [-0.2, -0.15) is 5.10 Å². The van der Waals surface area contributed by atoms with Gasteiger partial charge in [0.1, 0.15) is 0 Å². The third-order valence-electron chi connectivity index (χ3n) is 5.98. The summed E-state index contributed by atoms with van der Waals surface area (Å²) in [4.78, 5) is 23.3. The van der Waals surface area contributed by atoms with E-state index in [0.29, 0.717) is 18.8 Å². The number of carboxylic acid groups (broad SMARTS) is 1. The summed E-state index contributed by atoms with van der Waals surface area (Å²) in [5, 5.41) is 17.8. The highest BCUT2D eigenvalue weighted by molar-refractivity contribution is 6.05. The van der Waals surface area contributed by atoms with Crippen molar-refractivity contribution in [1.29, 1.82) is 0 Å². The molecule has 4 atom stereocenters. The van der Waals surface area contributed by atoms with Gasteiger partial charge in [0.05, 0.1) is 12.1 Å². The van der Waals surface area contributed by atoms with Crippen LogP contribution in [0, 0.1) is 23.2 Å². The molecule has 3 rings (SSSR count). The first-order valence-electron chi connectivity index (χ1n) is 9.08. The van der Waals surface area contributed by atoms with E-state index in [1.165, 1.54) is 25.7 Å². The summed E-state index contributed by atoms with van der Waals surface area (Å²) in [5.74, 6) is 2.31. The van der Waals surface area contributed by atoms with E-state index in [-0.39, 0.29) is 17.4 Å². The summed E-state index contributed by atoms with van der Waals surface area (Å²) in [5.41, 5.74) is 0.582. The molecule has 134 valence electrons. The molecule has 2 N–H and O–H groups in total. The normalized spacial score (nSPS) is 30.6. The van der Waals surface area contributed by atoms with Crippen LogP contribution in [0.3, 0.4) is 0 Å². The summed E-state index contributed by atoms with van der Waals surface area (Å²) < 4.78 is 0. The van der Waals surface area contributed by atoms with Crippen LogP contribution >= 0.6 is 0 Å². The summed E-state index contributed by atoms with van der Waals surface area (Å²) in [6, 6.07) is -0.246. The van der Waals surface area contributed by atoms with Gasteiger partial charge in [0, 0.05) is 19.0 Å². The van der Waals surface area contributed by atoms with Crippen LogP contribution in [0.25, 0.3) is 0 Å². The summed E-state index contributed by atoms with van der Waals surface area (Å²) in [6.45, 7) is 6.74. The van der Waals surface area contributed by atoms with E-state index in [4.69, 9.17) is 5.11 Å². The highest BCUT2D eigenvalue weighted by Gasteiger charge is 2.41. The molecule has 6 heteroatoms. The van der Waals surface area contributed by atoms with E-state index in [1.54, 1.807) is 5.01 Å². The number of rotatable bonds is 5. The predicted molar refractivity (Wildman–Crippen MR) is 91.7 cm³/mol. The Morgan fingerprint density at radius 1 is 1.38 bits per heavy atom. The zero-order valence-electron chi connectivity index (χ0n) is 14.9. The lowest BCUT2D eigenvalue weighted by molar-refractivity contribution is -0.129. The highest BCUT2D eigenvalue weighted by Crippen LogP contribution is 2.48. The molecule has 24 heavy (non-hydrogen) atoms. The van der Waals surface area contributed by atoms with Crippen LogP contribution in [0.5, 0.6) is 0 Å². The van der Waals surface area contributed by atoms with Gasteiger partial charge in [-0.05, 0) is 42.4 Å². The maximum Gasteiger partial charge on any atom is 0.404 e. The van der Waals surface area contributed by atoms with Gasteiger partial charge < -0.3 is 10.4 Å². The second kappa shape index (κ2) is 6.37.